The predicted octanol–water partition coefficient (Wildman–Crippen LogP) is 15.7. The van der Waals surface area contributed by atoms with Crippen LogP contribution in [0.4, 0.5) is 17.6 Å². The molecule has 0 unspecified atom stereocenters. The molecule has 0 aromatic rings. The molecule has 0 aromatic carbocycles. The van der Waals surface area contributed by atoms with Gasteiger partial charge in [-0.05, 0) is 353 Å². The first-order valence-electron chi connectivity index (χ1n) is 46.4. The molecule has 0 amide bonds. The molecule has 0 bridgehead atoms. The van der Waals surface area contributed by atoms with Crippen LogP contribution in [-0.4, -0.2) is 360 Å². The first-order chi connectivity index (χ1) is 51.7. The van der Waals surface area contributed by atoms with Crippen LogP contribution >= 0.6 is 0 Å². The fourth-order valence-electron chi connectivity index (χ4n) is 21.1. The molecule has 15 nitrogen and oxygen atoms in total. The van der Waals surface area contributed by atoms with Gasteiger partial charge >= 0.3 is 0 Å². The van der Waals surface area contributed by atoms with E-state index in [1.165, 1.54) is 182 Å². The van der Waals surface area contributed by atoms with Crippen LogP contribution in [0.15, 0.2) is 0 Å². The van der Waals surface area contributed by atoms with Crippen LogP contribution in [0, 0.1) is 32.5 Å². The monoisotopic (exact) mass is 1570 g/mol. The highest BCUT2D eigenvalue weighted by Gasteiger charge is 2.64. The summed E-state index contributed by atoms with van der Waals surface area (Å²) < 4.78 is 63.3. The van der Waals surface area contributed by atoms with Crippen molar-refractivity contribution in [3.63, 3.8) is 0 Å². The number of ether oxygens (including phenoxy) is 1. The van der Waals surface area contributed by atoms with Gasteiger partial charge in [0.15, 0.2) is 0 Å². The van der Waals surface area contributed by atoms with Gasteiger partial charge in [-0.25, -0.2) is 17.6 Å². The number of hydrogen-bond donors (Lipinski definition) is 0. The molecule has 652 valence electrons. The Bertz CT molecular complexity index is 2480. The van der Waals surface area contributed by atoms with Crippen LogP contribution in [0.3, 0.4) is 0 Å². The number of alkyl halides is 4. The molecule has 14 rings (SSSR count). The van der Waals surface area contributed by atoms with Crippen molar-refractivity contribution in [2.75, 3.05) is 190 Å². The van der Waals surface area contributed by atoms with Crippen LogP contribution in [0.1, 0.15) is 271 Å². The Hall–Kier alpha value is -0.880. The lowest BCUT2D eigenvalue weighted by Crippen LogP contribution is -2.73. The summed E-state index contributed by atoms with van der Waals surface area (Å²) in [4.78, 5) is 34.2. The molecule has 0 saturated carbocycles. The minimum atomic E-state index is -2.53. The lowest BCUT2D eigenvalue weighted by atomic mass is 9.68. The van der Waals surface area contributed by atoms with E-state index in [0.717, 1.165) is 81.1 Å². The molecule has 14 fully saturated rings. The lowest BCUT2D eigenvalue weighted by Gasteiger charge is -2.62. The molecular weight excluding hydrogens is 1390 g/mol. The molecule has 0 aliphatic carbocycles. The second-order valence-electron chi connectivity index (χ2n) is 43.3. The molecule has 14 aliphatic heterocycles. The van der Waals surface area contributed by atoms with Crippen molar-refractivity contribution in [2.45, 2.75) is 373 Å². The molecule has 0 aromatic heterocycles. The second kappa shape index (κ2) is 39.8. The minimum absolute atomic E-state index is 0.0589. The summed E-state index contributed by atoms with van der Waals surface area (Å²) >= 11 is 0. The van der Waals surface area contributed by atoms with Gasteiger partial charge in [0.05, 0.1) is 36.1 Å². The molecule has 0 radical (unpaired) electrons. The highest BCUT2D eigenvalue weighted by atomic mass is 19.3. The van der Waals surface area contributed by atoms with E-state index < -0.39 is 22.7 Å². The maximum absolute atomic E-state index is 14.3. The summed E-state index contributed by atoms with van der Waals surface area (Å²) in [5.41, 5.74) is 1.51. The number of halogens is 4. The van der Waals surface area contributed by atoms with Crippen LogP contribution < -0.4 is 0 Å². The standard InChI is InChI=1S/C15H30N2.C14H28N2O.2C13H24F2N2.2C13H26N2.C11H22N2/c1-13(2)16-9-5-15(6-10-16)7-11-17(12-8-15)14(3)4;1-12(2)15-7-5-14(6-8-15)11-16(13(3)4)9-10-17-14;2*1-10(2)16-6-5-12(13(14,15)9-16)7-17(8-12)11(3)4;2*1-11(2)14-7-5-13(6-8-14)9-15(10-13)12(3)4;1-9(2)12-5-11(6-12)7-13(8-11)10(3)4/h13-14H,5-12H2,1-4H3;12-13H,5-11H2,1-4H3;2*10-11H,5-9H2,1-4H3;2*11-12H,5-10H2,1-4H3;9-10H,5-8H2,1-4H3. The fourth-order valence-corrected chi connectivity index (χ4v) is 21.1. The van der Waals surface area contributed by atoms with Crippen molar-refractivity contribution in [2.24, 2.45) is 32.5 Å². The van der Waals surface area contributed by atoms with Gasteiger partial charge in [-0.2, -0.15) is 0 Å². The SMILES string of the molecule is CC(C)N1CC2(C1)CN(C(C)C)C2.CC(C)N1CCC2(CC1)CCN(C(C)C)CC2.CC(C)N1CCC2(CC1)CN(C(C)C)C2.CC(C)N1CCC2(CC1)CN(C(C)C)C2.CC(C)N1CCC2(CC1)CN(C(C)C)CCO2.CC(C)N1CCC2(CN(C(C)C)C2)C(F)(F)C1.CC(C)N1CCC2(CN(C(C)C)C2)C(F)(F)C1. The molecule has 7 spiro atoms. The quantitative estimate of drug-likeness (QED) is 0.155. The van der Waals surface area contributed by atoms with Crippen LogP contribution in [0.2, 0.25) is 0 Å². The van der Waals surface area contributed by atoms with Crippen LogP contribution in [0.25, 0.3) is 0 Å². The van der Waals surface area contributed by atoms with Crippen molar-refractivity contribution in [1.82, 2.24) is 68.6 Å². The van der Waals surface area contributed by atoms with E-state index >= 15 is 0 Å². The molecular formula is C92H180F4N14O. The first kappa shape index (κ1) is 95.6. The van der Waals surface area contributed by atoms with Crippen molar-refractivity contribution >= 4 is 0 Å². The van der Waals surface area contributed by atoms with Gasteiger partial charge in [-0.15, -0.1) is 0 Å². The van der Waals surface area contributed by atoms with Crippen LogP contribution in [0.5, 0.6) is 0 Å². The zero-order valence-corrected chi connectivity index (χ0v) is 77.8. The molecule has 111 heavy (non-hydrogen) atoms. The van der Waals surface area contributed by atoms with E-state index in [9.17, 15) is 17.6 Å². The van der Waals surface area contributed by atoms with E-state index in [0.29, 0.717) is 84.8 Å². The van der Waals surface area contributed by atoms with E-state index in [1.807, 2.05) is 37.5 Å². The lowest BCUT2D eigenvalue weighted by molar-refractivity contribution is -0.232. The average Bonchev–Trinajstić information content (AvgIpc) is 0.724. The van der Waals surface area contributed by atoms with Gasteiger partial charge in [-0.3, -0.25) is 44.1 Å². The van der Waals surface area contributed by atoms with Gasteiger partial charge in [0.1, 0.15) is 0 Å². The smallest absolute Gasteiger partial charge is 0.268 e. The molecule has 0 N–H and O–H groups in total. The third-order valence-electron chi connectivity index (χ3n) is 31.1. The Labute approximate surface area is 682 Å². The van der Waals surface area contributed by atoms with E-state index in [1.54, 1.807) is 0 Å². The van der Waals surface area contributed by atoms with Crippen molar-refractivity contribution in [3.8, 4) is 0 Å². The van der Waals surface area contributed by atoms with Gasteiger partial charge < -0.3 is 29.2 Å². The van der Waals surface area contributed by atoms with Crippen molar-refractivity contribution in [1.29, 1.82) is 0 Å². The fraction of sp³-hybridized carbons (Fsp3) is 1.00. The van der Waals surface area contributed by atoms with Crippen LogP contribution in [-0.2, 0) is 4.74 Å². The van der Waals surface area contributed by atoms with E-state index in [4.69, 9.17) is 4.74 Å². The zero-order valence-electron chi connectivity index (χ0n) is 77.8. The summed E-state index contributed by atoms with van der Waals surface area (Å²) in [5, 5.41) is 0. The normalized spacial score (nSPS) is 27.9. The summed E-state index contributed by atoms with van der Waals surface area (Å²) in [6.45, 7) is 93.3. The first-order valence-corrected chi connectivity index (χ1v) is 46.4. The van der Waals surface area contributed by atoms with E-state index in [2.05, 4.69) is 225 Å². The number of piperidine rings is 7. The topological polar surface area (TPSA) is 54.6 Å². The number of nitrogens with zero attached hydrogens (tertiary/aromatic N) is 14. The summed E-state index contributed by atoms with van der Waals surface area (Å²) in [7, 11) is 0. The zero-order chi connectivity index (χ0) is 82.4. The average molecular weight is 1570 g/mol. The maximum atomic E-state index is 14.3. The van der Waals surface area contributed by atoms with Gasteiger partial charge in [-0.1, -0.05) is 0 Å². The highest BCUT2D eigenvalue weighted by molar-refractivity contribution is 5.11. The largest absolute Gasteiger partial charge is 0.372 e. The number of likely N-dealkylation sites (tertiary alicyclic amines) is 13. The Morgan fingerprint density at radius 1 is 0.180 bits per heavy atom. The maximum Gasteiger partial charge on any atom is 0.268 e. The Morgan fingerprint density at radius 3 is 0.595 bits per heavy atom. The van der Waals surface area contributed by atoms with Gasteiger partial charge in [0, 0.05) is 195 Å². The Balaban J connectivity index is 0.000000163. The van der Waals surface area contributed by atoms with E-state index in [-0.39, 0.29) is 30.8 Å². The Kier molecular flexibility index (Phi) is 34.2. The highest BCUT2D eigenvalue weighted by Crippen LogP contribution is 2.53. The van der Waals surface area contributed by atoms with Gasteiger partial charge in [0.25, 0.3) is 11.8 Å². The number of morpholine rings is 1. The number of hydrogen-bond acceptors (Lipinski definition) is 15. The van der Waals surface area contributed by atoms with Crippen molar-refractivity contribution in [3.05, 3.63) is 0 Å². The summed E-state index contributed by atoms with van der Waals surface area (Å²) in [5.74, 6) is -5.05. The third kappa shape index (κ3) is 24.3. The second-order valence-corrected chi connectivity index (χ2v) is 43.3. The molecule has 19 heteroatoms. The molecule has 0 atom stereocenters. The summed E-state index contributed by atoms with van der Waals surface area (Å²) in [6.07, 6.45) is 15.2. The summed E-state index contributed by atoms with van der Waals surface area (Å²) in [6, 6.07) is 8.50. The minimum Gasteiger partial charge on any atom is -0.372 e. The molecule has 14 aliphatic rings. The van der Waals surface area contributed by atoms with Gasteiger partial charge in [0.2, 0.25) is 0 Å². The van der Waals surface area contributed by atoms with Crippen molar-refractivity contribution < 1.29 is 22.3 Å². The Morgan fingerprint density at radius 2 is 0.369 bits per heavy atom. The molecule has 14 saturated heterocycles. The predicted molar refractivity (Wildman–Crippen MR) is 463 cm³/mol. The third-order valence-corrected chi connectivity index (χ3v) is 31.1. The molecule has 14 heterocycles. The number of rotatable bonds is 14.